The second kappa shape index (κ2) is 8.37. The van der Waals surface area contributed by atoms with Crippen molar-refractivity contribution < 1.29 is 9.26 Å². The summed E-state index contributed by atoms with van der Waals surface area (Å²) in [6, 6.07) is 7.86. The highest BCUT2D eigenvalue weighted by Crippen LogP contribution is 2.31. The summed E-state index contributed by atoms with van der Waals surface area (Å²) in [4.78, 5) is 9.00. The molecule has 0 aliphatic carbocycles. The number of nitrogens with zero attached hydrogens (tertiary/aromatic N) is 6. The van der Waals surface area contributed by atoms with E-state index in [1.54, 1.807) is 23.1 Å². The molecule has 10 nitrogen and oxygen atoms in total. The maximum Gasteiger partial charge on any atom is 0.164 e. The second-order valence-electron chi connectivity index (χ2n) is 7.89. The highest BCUT2D eigenvalue weighted by atomic mass is 16.5. The van der Waals surface area contributed by atoms with Crippen molar-refractivity contribution in [2.75, 3.05) is 25.1 Å². The lowest BCUT2D eigenvalue weighted by Crippen LogP contribution is -2.34. The molecule has 0 spiro atoms. The quantitative estimate of drug-likeness (QED) is 0.491. The van der Waals surface area contributed by atoms with Crippen molar-refractivity contribution in [3.63, 3.8) is 0 Å². The van der Waals surface area contributed by atoms with Gasteiger partial charge < -0.3 is 19.9 Å². The van der Waals surface area contributed by atoms with Crippen molar-refractivity contribution in [2.24, 2.45) is 0 Å². The van der Waals surface area contributed by atoms with Crippen LogP contribution in [0.3, 0.4) is 0 Å². The molecule has 162 valence electrons. The van der Waals surface area contributed by atoms with Crippen molar-refractivity contribution in [1.82, 2.24) is 30.2 Å². The van der Waals surface area contributed by atoms with Gasteiger partial charge in [-0.3, -0.25) is 0 Å². The lowest BCUT2D eigenvalue weighted by Gasteiger charge is -2.21. The molecular formula is C22H22N8O2. The lowest BCUT2D eigenvalue weighted by atomic mass is 10.1. The van der Waals surface area contributed by atoms with E-state index in [9.17, 15) is 0 Å². The van der Waals surface area contributed by atoms with E-state index in [2.05, 4.69) is 50.8 Å². The van der Waals surface area contributed by atoms with Crippen LogP contribution in [0.5, 0.6) is 0 Å². The van der Waals surface area contributed by atoms with Crippen LogP contribution in [0, 0.1) is 11.3 Å². The Morgan fingerprint density at radius 1 is 1.22 bits per heavy atom. The molecule has 1 unspecified atom stereocenters. The molecule has 0 radical (unpaired) electrons. The summed E-state index contributed by atoms with van der Waals surface area (Å²) in [7, 11) is 0. The van der Waals surface area contributed by atoms with Gasteiger partial charge in [0.1, 0.15) is 11.8 Å². The second-order valence-corrected chi connectivity index (χ2v) is 7.89. The van der Waals surface area contributed by atoms with Crippen LogP contribution < -0.4 is 10.6 Å². The predicted octanol–water partition coefficient (Wildman–Crippen LogP) is 2.82. The van der Waals surface area contributed by atoms with E-state index in [1.165, 1.54) is 6.20 Å². The first-order valence-electron chi connectivity index (χ1n) is 10.4. The number of aromatic nitrogens is 5. The standard InChI is InChI=1S/C22H22N8O2/c1-13(2)28-17-7-21(30-22-15(10-27-30)5-14(8-23)9-26-22)25-11-16(17)18-6-20(32-29-18)19-12-31-4-3-24-19/h5-7,9-11,13,19,24H,3-4,12H2,1-2H3,(H,25,28). The van der Waals surface area contributed by atoms with Gasteiger partial charge in [0, 0.05) is 53.8 Å². The third-order valence-electron chi connectivity index (χ3n) is 5.16. The Kier molecular flexibility index (Phi) is 5.26. The van der Waals surface area contributed by atoms with Gasteiger partial charge in [0.25, 0.3) is 0 Å². The van der Waals surface area contributed by atoms with Crippen LogP contribution in [0.4, 0.5) is 5.69 Å². The molecule has 4 aromatic rings. The van der Waals surface area contributed by atoms with E-state index in [0.717, 1.165) is 28.9 Å². The van der Waals surface area contributed by atoms with Crippen molar-refractivity contribution in [1.29, 1.82) is 5.26 Å². The molecule has 1 atom stereocenters. The minimum absolute atomic E-state index is 0.0152. The Balaban J connectivity index is 1.53. The van der Waals surface area contributed by atoms with Crippen LogP contribution in [-0.4, -0.2) is 50.7 Å². The molecule has 1 aliphatic heterocycles. The normalized spacial score (nSPS) is 16.4. The van der Waals surface area contributed by atoms with Crippen LogP contribution in [-0.2, 0) is 4.74 Å². The first-order valence-corrected chi connectivity index (χ1v) is 10.4. The SMILES string of the molecule is CC(C)Nc1cc(-n2ncc3cc(C#N)cnc32)ncc1-c1cc(C2COCCN2)on1. The summed E-state index contributed by atoms with van der Waals surface area (Å²) in [6.45, 7) is 6.15. The molecule has 0 amide bonds. The molecule has 4 aromatic heterocycles. The Labute approximate surface area is 184 Å². The largest absolute Gasteiger partial charge is 0.382 e. The van der Waals surface area contributed by atoms with Gasteiger partial charge in [0.2, 0.25) is 0 Å². The lowest BCUT2D eigenvalue weighted by molar-refractivity contribution is 0.0677. The minimum Gasteiger partial charge on any atom is -0.382 e. The van der Waals surface area contributed by atoms with E-state index in [1.807, 2.05) is 12.1 Å². The maximum atomic E-state index is 9.10. The van der Waals surface area contributed by atoms with Gasteiger partial charge in [0.15, 0.2) is 17.2 Å². The van der Waals surface area contributed by atoms with Crippen molar-refractivity contribution in [2.45, 2.75) is 25.9 Å². The highest BCUT2D eigenvalue weighted by Gasteiger charge is 2.22. The van der Waals surface area contributed by atoms with Crippen LogP contribution >= 0.6 is 0 Å². The molecule has 5 rings (SSSR count). The van der Waals surface area contributed by atoms with E-state index < -0.39 is 0 Å². The van der Waals surface area contributed by atoms with Crippen LogP contribution in [0.2, 0.25) is 0 Å². The fourth-order valence-corrected chi connectivity index (χ4v) is 3.67. The third kappa shape index (κ3) is 3.79. The predicted molar refractivity (Wildman–Crippen MR) is 117 cm³/mol. The van der Waals surface area contributed by atoms with Crippen LogP contribution in [0.15, 0.2) is 41.3 Å². The van der Waals surface area contributed by atoms with Gasteiger partial charge >= 0.3 is 0 Å². The van der Waals surface area contributed by atoms with Gasteiger partial charge in [-0.05, 0) is 19.9 Å². The Hall–Kier alpha value is -3.81. The fraction of sp³-hybridized carbons (Fsp3) is 0.318. The molecule has 1 fully saturated rings. The topological polar surface area (TPSA) is 127 Å². The zero-order valence-corrected chi connectivity index (χ0v) is 17.7. The van der Waals surface area contributed by atoms with Gasteiger partial charge in [0.05, 0.1) is 31.0 Å². The number of ether oxygens (including phenoxy) is 1. The molecule has 0 saturated carbocycles. The highest BCUT2D eigenvalue weighted by molar-refractivity contribution is 5.79. The zero-order valence-electron chi connectivity index (χ0n) is 17.7. The van der Waals surface area contributed by atoms with Gasteiger partial charge in [-0.25, -0.2) is 9.97 Å². The Morgan fingerprint density at radius 2 is 2.12 bits per heavy atom. The monoisotopic (exact) mass is 430 g/mol. The zero-order chi connectivity index (χ0) is 22.1. The summed E-state index contributed by atoms with van der Waals surface area (Å²) >= 11 is 0. The summed E-state index contributed by atoms with van der Waals surface area (Å²) in [5.74, 6) is 1.34. The number of anilines is 1. The number of fused-ring (bicyclic) bond motifs is 1. The molecule has 5 heterocycles. The molecule has 32 heavy (non-hydrogen) atoms. The molecular weight excluding hydrogens is 408 g/mol. The van der Waals surface area contributed by atoms with E-state index >= 15 is 0 Å². The molecule has 1 saturated heterocycles. The van der Waals surface area contributed by atoms with E-state index in [0.29, 0.717) is 35.9 Å². The van der Waals surface area contributed by atoms with Gasteiger partial charge in [-0.1, -0.05) is 5.16 Å². The number of morpholine rings is 1. The summed E-state index contributed by atoms with van der Waals surface area (Å²) in [5.41, 5.74) is 3.49. The van der Waals surface area contributed by atoms with Crippen molar-refractivity contribution in [3.8, 4) is 23.1 Å². The molecule has 2 N–H and O–H groups in total. The van der Waals surface area contributed by atoms with E-state index in [4.69, 9.17) is 14.5 Å². The summed E-state index contributed by atoms with van der Waals surface area (Å²) in [5, 5.41) is 25.4. The third-order valence-corrected chi connectivity index (χ3v) is 5.16. The minimum atomic E-state index is -0.0152. The molecule has 0 aromatic carbocycles. The Bertz CT molecular complexity index is 1300. The average Bonchev–Trinajstić information content (AvgIpc) is 3.46. The van der Waals surface area contributed by atoms with E-state index in [-0.39, 0.29) is 12.1 Å². The van der Waals surface area contributed by atoms with Gasteiger partial charge in [-0.15, -0.1) is 0 Å². The van der Waals surface area contributed by atoms with Crippen molar-refractivity contribution >= 4 is 16.7 Å². The van der Waals surface area contributed by atoms with Crippen LogP contribution in [0.25, 0.3) is 28.1 Å². The summed E-state index contributed by atoms with van der Waals surface area (Å²) in [6.07, 6.45) is 4.96. The number of nitriles is 1. The number of hydrogen-bond donors (Lipinski definition) is 2. The average molecular weight is 430 g/mol. The van der Waals surface area contributed by atoms with Gasteiger partial charge in [-0.2, -0.15) is 15.0 Å². The van der Waals surface area contributed by atoms with Crippen molar-refractivity contribution in [3.05, 3.63) is 48.1 Å². The number of pyridine rings is 2. The smallest absolute Gasteiger partial charge is 0.164 e. The Morgan fingerprint density at radius 3 is 2.91 bits per heavy atom. The fourth-order valence-electron chi connectivity index (χ4n) is 3.67. The number of nitrogens with one attached hydrogen (secondary N) is 2. The first-order chi connectivity index (χ1) is 15.6. The van der Waals surface area contributed by atoms with Crippen LogP contribution in [0.1, 0.15) is 31.2 Å². The number of rotatable bonds is 5. The molecule has 10 heteroatoms. The molecule has 0 bridgehead atoms. The maximum absolute atomic E-state index is 9.10. The molecule has 1 aliphatic rings. The summed E-state index contributed by atoms with van der Waals surface area (Å²) < 4.78 is 12.8. The number of hydrogen-bond acceptors (Lipinski definition) is 9. The first kappa shape index (κ1) is 20.1.